The SMILES string of the molecule is O=C(Nc1cnn([C@H]2C[C@@H](CO)N(CC3CC3)C2)c1)c1cccc(F)c1. The number of aliphatic hydroxyl groups excluding tert-OH is 1. The maximum Gasteiger partial charge on any atom is 0.255 e. The first-order valence-electron chi connectivity index (χ1n) is 9.08. The van der Waals surface area contributed by atoms with Gasteiger partial charge >= 0.3 is 0 Å². The van der Waals surface area contributed by atoms with Crippen molar-refractivity contribution in [2.24, 2.45) is 5.92 Å². The molecule has 2 N–H and O–H groups in total. The van der Waals surface area contributed by atoms with Crippen molar-refractivity contribution in [2.75, 3.05) is 25.0 Å². The summed E-state index contributed by atoms with van der Waals surface area (Å²) >= 11 is 0. The second-order valence-corrected chi connectivity index (χ2v) is 7.30. The Morgan fingerprint density at radius 1 is 1.38 bits per heavy atom. The van der Waals surface area contributed by atoms with Crippen LogP contribution in [0.25, 0.3) is 0 Å². The predicted octanol–water partition coefficient (Wildman–Crippen LogP) is 2.29. The van der Waals surface area contributed by atoms with Gasteiger partial charge in [-0.05, 0) is 43.4 Å². The van der Waals surface area contributed by atoms with E-state index in [-0.39, 0.29) is 30.2 Å². The Kier molecular flexibility index (Phi) is 4.74. The third-order valence-corrected chi connectivity index (χ3v) is 5.23. The van der Waals surface area contributed by atoms with Crippen LogP contribution in [0.4, 0.5) is 10.1 Å². The van der Waals surface area contributed by atoms with Gasteiger partial charge in [0.25, 0.3) is 5.91 Å². The van der Waals surface area contributed by atoms with E-state index in [1.165, 1.54) is 31.0 Å². The second kappa shape index (κ2) is 7.17. The zero-order chi connectivity index (χ0) is 18.1. The number of rotatable bonds is 6. The van der Waals surface area contributed by atoms with E-state index in [0.29, 0.717) is 5.69 Å². The normalized spacial score (nSPS) is 23.3. The van der Waals surface area contributed by atoms with Crippen LogP contribution in [0.1, 0.15) is 35.7 Å². The third kappa shape index (κ3) is 3.78. The topological polar surface area (TPSA) is 70.4 Å². The minimum atomic E-state index is -0.440. The number of aromatic nitrogens is 2. The molecular formula is C19H23FN4O2. The van der Waals surface area contributed by atoms with Crippen molar-refractivity contribution in [3.63, 3.8) is 0 Å². The van der Waals surface area contributed by atoms with Gasteiger partial charge in [0.1, 0.15) is 5.82 Å². The van der Waals surface area contributed by atoms with Crippen LogP contribution in [0.2, 0.25) is 0 Å². The first-order valence-corrected chi connectivity index (χ1v) is 9.08. The molecule has 2 heterocycles. The number of amides is 1. The lowest BCUT2D eigenvalue weighted by Gasteiger charge is -2.21. The van der Waals surface area contributed by atoms with Crippen LogP contribution in [-0.2, 0) is 0 Å². The smallest absolute Gasteiger partial charge is 0.255 e. The van der Waals surface area contributed by atoms with Gasteiger partial charge in [0.15, 0.2) is 0 Å². The van der Waals surface area contributed by atoms with E-state index in [4.69, 9.17) is 0 Å². The maximum atomic E-state index is 13.3. The van der Waals surface area contributed by atoms with Gasteiger partial charge in [-0.25, -0.2) is 4.39 Å². The average Bonchev–Trinajstić information content (AvgIpc) is 3.16. The third-order valence-electron chi connectivity index (χ3n) is 5.23. The van der Waals surface area contributed by atoms with Crippen molar-refractivity contribution in [1.29, 1.82) is 0 Å². The van der Waals surface area contributed by atoms with E-state index in [0.717, 1.165) is 25.4 Å². The molecule has 1 aromatic carbocycles. The van der Waals surface area contributed by atoms with Crippen LogP contribution < -0.4 is 5.32 Å². The quantitative estimate of drug-likeness (QED) is 0.831. The Morgan fingerprint density at radius 2 is 2.23 bits per heavy atom. The zero-order valence-corrected chi connectivity index (χ0v) is 14.5. The molecule has 0 unspecified atom stereocenters. The first kappa shape index (κ1) is 17.2. The molecule has 2 fully saturated rings. The Labute approximate surface area is 151 Å². The number of nitrogens with one attached hydrogen (secondary N) is 1. The molecule has 6 nitrogen and oxygen atoms in total. The molecule has 1 saturated heterocycles. The molecule has 7 heteroatoms. The monoisotopic (exact) mass is 358 g/mol. The van der Waals surface area contributed by atoms with Crippen LogP contribution in [0.5, 0.6) is 0 Å². The molecule has 1 aromatic heterocycles. The highest BCUT2D eigenvalue weighted by Gasteiger charge is 2.36. The molecule has 2 aromatic rings. The lowest BCUT2D eigenvalue weighted by molar-refractivity contribution is 0.102. The van der Waals surface area contributed by atoms with Crippen molar-refractivity contribution in [3.8, 4) is 0 Å². The molecule has 1 saturated carbocycles. The largest absolute Gasteiger partial charge is 0.395 e. The molecule has 2 aliphatic rings. The molecule has 1 aliphatic heterocycles. The molecule has 138 valence electrons. The molecular weight excluding hydrogens is 335 g/mol. The predicted molar refractivity (Wildman–Crippen MR) is 95.4 cm³/mol. The van der Waals surface area contributed by atoms with Gasteiger partial charge in [-0.2, -0.15) is 5.10 Å². The highest BCUT2D eigenvalue weighted by molar-refractivity contribution is 6.04. The lowest BCUT2D eigenvalue weighted by atomic mass is 10.2. The molecule has 2 atom stereocenters. The first-order chi connectivity index (χ1) is 12.6. The van der Waals surface area contributed by atoms with Gasteiger partial charge in [-0.1, -0.05) is 6.07 Å². The van der Waals surface area contributed by atoms with Crippen LogP contribution in [0, 0.1) is 11.7 Å². The van der Waals surface area contributed by atoms with Crippen LogP contribution in [0.15, 0.2) is 36.7 Å². The standard InChI is InChI=1S/C19H23FN4O2/c20-15-3-1-2-14(6-15)19(26)22-16-8-21-24(10-16)17-7-18(12-25)23(11-17)9-13-4-5-13/h1-3,6,8,10,13,17-18,25H,4-5,7,9,11-12H2,(H,22,26)/t17-,18-/m0/s1. The second-order valence-electron chi connectivity index (χ2n) is 7.30. The average molecular weight is 358 g/mol. The Hall–Kier alpha value is -2.25. The number of carbonyl (C=O) groups excluding carboxylic acids is 1. The van der Waals surface area contributed by atoms with Crippen LogP contribution in [-0.4, -0.2) is 51.4 Å². The fourth-order valence-electron chi connectivity index (χ4n) is 3.63. The van der Waals surface area contributed by atoms with Gasteiger partial charge in [0.2, 0.25) is 0 Å². The summed E-state index contributed by atoms with van der Waals surface area (Å²) in [5.74, 6) is -0.0225. The summed E-state index contributed by atoms with van der Waals surface area (Å²) in [5, 5.41) is 16.8. The van der Waals surface area contributed by atoms with Crippen molar-refractivity contribution in [2.45, 2.75) is 31.3 Å². The maximum absolute atomic E-state index is 13.3. The van der Waals surface area contributed by atoms with Gasteiger partial charge in [-0.15, -0.1) is 0 Å². The van der Waals surface area contributed by atoms with E-state index in [1.807, 2.05) is 4.68 Å². The van der Waals surface area contributed by atoms with Crippen molar-refractivity contribution in [3.05, 3.63) is 48.0 Å². The summed E-state index contributed by atoms with van der Waals surface area (Å²) < 4.78 is 15.1. The molecule has 1 aliphatic carbocycles. The zero-order valence-electron chi connectivity index (χ0n) is 14.5. The van der Waals surface area contributed by atoms with Crippen LogP contribution in [0.3, 0.4) is 0 Å². The molecule has 1 amide bonds. The van der Waals surface area contributed by atoms with E-state index in [9.17, 15) is 14.3 Å². The van der Waals surface area contributed by atoms with Crippen molar-refractivity contribution in [1.82, 2.24) is 14.7 Å². The number of aliphatic hydroxyl groups is 1. The molecule has 0 spiro atoms. The van der Waals surface area contributed by atoms with E-state index in [2.05, 4.69) is 15.3 Å². The number of anilines is 1. The molecule has 0 radical (unpaired) electrons. The Morgan fingerprint density at radius 3 is 2.96 bits per heavy atom. The van der Waals surface area contributed by atoms with Crippen molar-refractivity contribution >= 4 is 11.6 Å². The van der Waals surface area contributed by atoms with Crippen molar-refractivity contribution < 1.29 is 14.3 Å². The summed E-state index contributed by atoms with van der Waals surface area (Å²) in [6.45, 7) is 2.07. The molecule has 26 heavy (non-hydrogen) atoms. The van der Waals surface area contributed by atoms with Gasteiger partial charge < -0.3 is 10.4 Å². The number of hydrogen-bond acceptors (Lipinski definition) is 4. The van der Waals surface area contributed by atoms with Gasteiger partial charge in [0.05, 0.1) is 24.5 Å². The number of hydrogen-bond donors (Lipinski definition) is 2. The molecule has 0 bridgehead atoms. The van der Waals surface area contributed by atoms with E-state index >= 15 is 0 Å². The highest BCUT2D eigenvalue weighted by Crippen LogP contribution is 2.34. The fourth-order valence-corrected chi connectivity index (χ4v) is 3.63. The van der Waals surface area contributed by atoms with E-state index < -0.39 is 5.82 Å². The summed E-state index contributed by atoms with van der Waals surface area (Å²) in [5.41, 5.74) is 0.857. The number of likely N-dealkylation sites (tertiary alicyclic amines) is 1. The molecule has 4 rings (SSSR count). The Bertz CT molecular complexity index is 789. The summed E-state index contributed by atoms with van der Waals surface area (Å²) in [6, 6.07) is 5.95. The number of benzene rings is 1. The Balaban J connectivity index is 1.40. The number of nitrogens with zero attached hydrogens (tertiary/aromatic N) is 3. The highest BCUT2D eigenvalue weighted by atomic mass is 19.1. The minimum absolute atomic E-state index is 0.160. The summed E-state index contributed by atoms with van der Waals surface area (Å²) in [6.07, 6.45) is 6.84. The number of carbonyl (C=O) groups is 1. The lowest BCUT2D eigenvalue weighted by Crippen LogP contribution is -2.34. The van der Waals surface area contributed by atoms with Gasteiger partial charge in [-0.3, -0.25) is 14.4 Å². The summed E-state index contributed by atoms with van der Waals surface area (Å²) in [7, 11) is 0. The van der Waals surface area contributed by atoms with Crippen LogP contribution >= 0.6 is 0 Å². The van der Waals surface area contributed by atoms with Gasteiger partial charge in [0, 0.05) is 30.9 Å². The summed E-state index contributed by atoms with van der Waals surface area (Å²) in [4.78, 5) is 14.6. The van der Waals surface area contributed by atoms with E-state index in [1.54, 1.807) is 18.5 Å². The number of halogens is 1. The fraction of sp³-hybridized carbons (Fsp3) is 0.474. The minimum Gasteiger partial charge on any atom is -0.395 e.